The zero-order valence-corrected chi connectivity index (χ0v) is 15.7. The Bertz CT molecular complexity index is 810. The van der Waals surface area contributed by atoms with Crippen LogP contribution in [-0.4, -0.2) is 20.1 Å². The van der Waals surface area contributed by atoms with Gasteiger partial charge in [-0.05, 0) is 12.1 Å². The molecule has 0 atom stereocenters. The lowest BCUT2D eigenvalue weighted by atomic mass is 10.1. The predicted molar refractivity (Wildman–Crippen MR) is 95.2 cm³/mol. The molecule has 0 unspecified atom stereocenters. The number of hydrogen-bond acceptors (Lipinski definition) is 4. The van der Waals surface area contributed by atoms with E-state index in [1.165, 1.54) is 26.0 Å². The number of rotatable bonds is 4. The zero-order chi connectivity index (χ0) is 17.5. The molecule has 0 aliphatic carbocycles. The minimum Gasteiger partial charge on any atom is -0.332 e. The maximum absolute atomic E-state index is 12.4. The van der Waals surface area contributed by atoms with Crippen LogP contribution >= 0.6 is 46.6 Å². The van der Waals surface area contributed by atoms with Gasteiger partial charge >= 0.3 is 0 Å². The SMILES string of the molecule is COC1(OC)NC(=O)c2c(Cl)c(Sc3ccccc3)c(Cl)c(Cl)c21. The first-order valence-electron chi connectivity index (χ1n) is 6.81. The largest absolute Gasteiger partial charge is 0.332 e. The topological polar surface area (TPSA) is 47.6 Å². The third-order valence-corrected chi connectivity index (χ3v) is 6.23. The number of carbonyl (C=O) groups excluding carboxylic acids is 1. The number of ether oxygens (including phenoxy) is 2. The van der Waals surface area contributed by atoms with Crippen LogP contribution in [0.3, 0.4) is 0 Å². The molecule has 1 N–H and O–H groups in total. The van der Waals surface area contributed by atoms with Crippen LogP contribution in [0.25, 0.3) is 0 Å². The lowest BCUT2D eigenvalue weighted by Gasteiger charge is -2.27. The molecule has 1 aliphatic rings. The Morgan fingerprint density at radius 1 is 1.00 bits per heavy atom. The van der Waals surface area contributed by atoms with Crippen molar-refractivity contribution in [3.05, 3.63) is 56.5 Å². The van der Waals surface area contributed by atoms with Gasteiger partial charge in [0.05, 0.1) is 31.1 Å². The summed E-state index contributed by atoms with van der Waals surface area (Å²) < 4.78 is 10.7. The molecule has 8 heteroatoms. The first-order chi connectivity index (χ1) is 11.4. The van der Waals surface area contributed by atoms with E-state index in [4.69, 9.17) is 44.3 Å². The number of carbonyl (C=O) groups is 1. The van der Waals surface area contributed by atoms with Gasteiger partial charge in [0.1, 0.15) is 0 Å². The quantitative estimate of drug-likeness (QED) is 0.579. The maximum Gasteiger partial charge on any atom is 0.282 e. The smallest absolute Gasteiger partial charge is 0.282 e. The number of methoxy groups -OCH3 is 2. The average Bonchev–Trinajstić information content (AvgIpc) is 2.91. The van der Waals surface area contributed by atoms with E-state index in [9.17, 15) is 4.79 Å². The highest BCUT2D eigenvalue weighted by Gasteiger charge is 2.48. The van der Waals surface area contributed by atoms with Crippen LogP contribution in [0.4, 0.5) is 0 Å². The standard InChI is InChI=1S/C16H12Cl3NO3S/c1-22-16(23-2)10-9(15(21)20-16)11(17)14(13(19)12(10)18)24-8-6-4-3-5-7-8/h3-7H,1-2H3,(H,20,21). The molecule has 3 rings (SSSR count). The van der Waals surface area contributed by atoms with Crippen LogP contribution < -0.4 is 5.32 Å². The van der Waals surface area contributed by atoms with E-state index in [-0.39, 0.29) is 26.2 Å². The fourth-order valence-electron chi connectivity index (χ4n) is 2.52. The van der Waals surface area contributed by atoms with Gasteiger partial charge in [0.25, 0.3) is 11.8 Å². The van der Waals surface area contributed by atoms with E-state index in [1.807, 2.05) is 30.3 Å². The summed E-state index contributed by atoms with van der Waals surface area (Å²) in [5.41, 5.74) is 0.486. The summed E-state index contributed by atoms with van der Waals surface area (Å²) in [4.78, 5) is 13.8. The van der Waals surface area contributed by atoms with Crippen molar-refractivity contribution in [1.82, 2.24) is 5.32 Å². The molecule has 0 radical (unpaired) electrons. The molecule has 2 aromatic carbocycles. The van der Waals surface area contributed by atoms with Gasteiger partial charge in [-0.15, -0.1) is 0 Å². The number of benzene rings is 2. The van der Waals surface area contributed by atoms with Gasteiger partial charge in [-0.1, -0.05) is 64.8 Å². The van der Waals surface area contributed by atoms with Gasteiger partial charge in [0, 0.05) is 19.1 Å². The molecule has 0 saturated heterocycles. The number of amides is 1. The molecular formula is C16H12Cl3NO3S. The van der Waals surface area contributed by atoms with Crippen molar-refractivity contribution < 1.29 is 14.3 Å². The molecular weight excluding hydrogens is 393 g/mol. The van der Waals surface area contributed by atoms with Crippen molar-refractivity contribution in [2.45, 2.75) is 15.7 Å². The van der Waals surface area contributed by atoms with Crippen LogP contribution in [0, 0.1) is 0 Å². The minimum absolute atomic E-state index is 0.163. The maximum atomic E-state index is 12.4. The molecule has 24 heavy (non-hydrogen) atoms. The van der Waals surface area contributed by atoms with Crippen molar-refractivity contribution >= 4 is 52.5 Å². The second-order valence-corrected chi connectivity index (χ2v) is 7.13. The molecule has 4 nitrogen and oxygen atoms in total. The van der Waals surface area contributed by atoms with Crippen molar-refractivity contribution in [3.8, 4) is 0 Å². The van der Waals surface area contributed by atoms with Crippen LogP contribution in [0.2, 0.25) is 15.1 Å². The second kappa shape index (κ2) is 6.75. The van der Waals surface area contributed by atoms with E-state index < -0.39 is 11.8 Å². The van der Waals surface area contributed by atoms with Crippen molar-refractivity contribution in [1.29, 1.82) is 0 Å². The zero-order valence-electron chi connectivity index (χ0n) is 12.7. The third kappa shape index (κ3) is 2.69. The van der Waals surface area contributed by atoms with Crippen molar-refractivity contribution in [2.75, 3.05) is 14.2 Å². The highest BCUT2D eigenvalue weighted by Crippen LogP contribution is 2.50. The first kappa shape index (κ1) is 17.9. The van der Waals surface area contributed by atoms with Gasteiger partial charge in [-0.3, -0.25) is 10.1 Å². The summed E-state index contributed by atoms with van der Waals surface area (Å²) in [7, 11) is 2.79. The van der Waals surface area contributed by atoms with Crippen LogP contribution in [0.5, 0.6) is 0 Å². The summed E-state index contributed by atoms with van der Waals surface area (Å²) >= 11 is 20.7. The fourth-order valence-corrected chi connectivity index (χ4v) is 4.55. The number of fused-ring (bicyclic) bond motifs is 1. The summed E-state index contributed by atoms with van der Waals surface area (Å²) in [6.07, 6.45) is 0. The van der Waals surface area contributed by atoms with Gasteiger partial charge in [-0.2, -0.15) is 0 Å². The lowest BCUT2D eigenvalue weighted by molar-refractivity contribution is -0.225. The molecule has 0 bridgehead atoms. The highest BCUT2D eigenvalue weighted by atomic mass is 35.5. The third-order valence-electron chi connectivity index (χ3n) is 3.65. The van der Waals surface area contributed by atoms with E-state index in [0.717, 1.165) is 4.90 Å². The summed E-state index contributed by atoms with van der Waals surface area (Å²) in [5.74, 6) is -1.95. The normalized spacial score (nSPS) is 15.3. The summed E-state index contributed by atoms with van der Waals surface area (Å²) in [6.45, 7) is 0. The van der Waals surface area contributed by atoms with Crippen molar-refractivity contribution in [2.24, 2.45) is 0 Å². The number of hydrogen-bond donors (Lipinski definition) is 1. The molecule has 126 valence electrons. The Kier molecular flexibility index (Phi) is 5.02. The van der Waals surface area contributed by atoms with E-state index >= 15 is 0 Å². The van der Waals surface area contributed by atoms with E-state index in [0.29, 0.717) is 4.90 Å². The van der Waals surface area contributed by atoms with Gasteiger partial charge in [0.15, 0.2) is 0 Å². The summed E-state index contributed by atoms with van der Waals surface area (Å²) in [5, 5.41) is 3.23. The first-order valence-corrected chi connectivity index (χ1v) is 8.77. The second-order valence-electron chi connectivity index (χ2n) is 4.92. The Balaban J connectivity index is 2.21. The molecule has 1 amide bonds. The fraction of sp³-hybridized carbons (Fsp3) is 0.188. The minimum atomic E-state index is -1.51. The number of nitrogens with one attached hydrogen (secondary N) is 1. The van der Waals surface area contributed by atoms with E-state index in [1.54, 1.807) is 0 Å². The Morgan fingerprint density at radius 2 is 1.62 bits per heavy atom. The molecule has 1 aliphatic heterocycles. The lowest BCUT2D eigenvalue weighted by Crippen LogP contribution is -2.42. The summed E-state index contributed by atoms with van der Waals surface area (Å²) in [6, 6.07) is 9.52. The van der Waals surface area contributed by atoms with Gasteiger partial charge in [-0.25, -0.2) is 0 Å². The van der Waals surface area contributed by atoms with Gasteiger partial charge in [0.2, 0.25) is 0 Å². The van der Waals surface area contributed by atoms with Crippen LogP contribution in [-0.2, 0) is 15.4 Å². The Morgan fingerprint density at radius 3 is 2.21 bits per heavy atom. The Hall–Kier alpha value is -0.950. The predicted octanol–water partition coefficient (Wildman–Crippen LogP) is 4.94. The Labute approximate surface area is 158 Å². The molecule has 2 aromatic rings. The molecule has 0 spiro atoms. The molecule has 0 saturated carbocycles. The molecule has 0 fully saturated rings. The highest BCUT2D eigenvalue weighted by molar-refractivity contribution is 7.99. The monoisotopic (exact) mass is 403 g/mol. The number of halogens is 3. The van der Waals surface area contributed by atoms with Crippen LogP contribution in [0.15, 0.2) is 40.1 Å². The van der Waals surface area contributed by atoms with Gasteiger partial charge < -0.3 is 9.47 Å². The van der Waals surface area contributed by atoms with E-state index in [2.05, 4.69) is 5.32 Å². The van der Waals surface area contributed by atoms with Crippen molar-refractivity contribution in [3.63, 3.8) is 0 Å². The molecule has 0 aromatic heterocycles. The van der Waals surface area contributed by atoms with Crippen LogP contribution in [0.1, 0.15) is 15.9 Å². The average molecular weight is 405 g/mol. The molecule has 1 heterocycles.